The Bertz CT molecular complexity index is 1910. The van der Waals surface area contributed by atoms with Crippen LogP contribution in [0.2, 0.25) is 0 Å². The predicted octanol–water partition coefficient (Wildman–Crippen LogP) is 23.9. The molecule has 0 aliphatic heterocycles. The second-order valence-corrected chi connectivity index (χ2v) is 32.7. The van der Waals surface area contributed by atoms with Crippen molar-refractivity contribution in [1.29, 1.82) is 0 Å². The van der Waals surface area contributed by atoms with Gasteiger partial charge in [0, 0.05) is 25.7 Å². The molecule has 0 aliphatic carbocycles. The van der Waals surface area contributed by atoms with Gasteiger partial charge in [-0.15, -0.1) is 0 Å². The Hall–Kier alpha value is -1.94. The van der Waals surface area contributed by atoms with Crippen molar-refractivity contribution in [3.63, 3.8) is 0 Å². The van der Waals surface area contributed by atoms with Crippen LogP contribution < -0.4 is 0 Å². The summed E-state index contributed by atoms with van der Waals surface area (Å²) in [6, 6.07) is 0. The SMILES string of the molecule is CCCCCCCCCCCCCCCCCCCCCCC(=O)O[C@H](COC(=O)CCCCCCCCCCCCCCCCCCCC)COP(=O)(O)OC[C@@H](O)COP(=O)(O)OC[C@@H](COC(=O)CCCCCCCCC(C)C)OC(=O)CCCCCCCCCCCC(C)C. The molecule has 0 aromatic rings. The van der Waals surface area contributed by atoms with Gasteiger partial charge in [-0.2, -0.15) is 0 Å². The van der Waals surface area contributed by atoms with Gasteiger partial charge in [0.25, 0.3) is 0 Å². The quantitative estimate of drug-likeness (QED) is 0.0222. The van der Waals surface area contributed by atoms with Crippen molar-refractivity contribution in [3.8, 4) is 0 Å². The highest BCUT2D eigenvalue weighted by atomic mass is 31.2. The van der Waals surface area contributed by atoms with Crippen LogP contribution in [0.15, 0.2) is 0 Å². The van der Waals surface area contributed by atoms with Crippen molar-refractivity contribution in [2.24, 2.45) is 11.8 Å². The van der Waals surface area contributed by atoms with Crippen LogP contribution >= 0.6 is 15.6 Å². The van der Waals surface area contributed by atoms with E-state index in [1.165, 1.54) is 231 Å². The zero-order chi connectivity index (χ0) is 72.8. The topological polar surface area (TPSA) is 237 Å². The summed E-state index contributed by atoms with van der Waals surface area (Å²) in [7, 11) is -9.92. The van der Waals surface area contributed by atoms with Gasteiger partial charge in [-0.3, -0.25) is 37.3 Å². The van der Waals surface area contributed by atoms with Gasteiger partial charge < -0.3 is 33.8 Å². The van der Waals surface area contributed by atoms with Crippen LogP contribution in [0.3, 0.4) is 0 Å². The molecule has 0 saturated heterocycles. The Morgan fingerprint density at radius 2 is 0.465 bits per heavy atom. The number of aliphatic hydroxyl groups excluding tert-OH is 1. The molecule has 0 saturated carbocycles. The van der Waals surface area contributed by atoms with Gasteiger partial charge in [-0.25, -0.2) is 9.13 Å². The minimum Gasteiger partial charge on any atom is -0.462 e. The third-order valence-electron chi connectivity index (χ3n) is 18.7. The van der Waals surface area contributed by atoms with E-state index in [4.69, 9.17) is 37.0 Å². The van der Waals surface area contributed by atoms with E-state index in [-0.39, 0.29) is 25.7 Å². The highest BCUT2D eigenvalue weighted by Gasteiger charge is 2.30. The van der Waals surface area contributed by atoms with Crippen molar-refractivity contribution in [2.45, 2.75) is 439 Å². The lowest BCUT2D eigenvalue weighted by Crippen LogP contribution is -2.30. The Labute approximate surface area is 607 Å². The first-order chi connectivity index (χ1) is 47.9. The number of hydrogen-bond donors (Lipinski definition) is 3. The number of ether oxygens (including phenoxy) is 4. The highest BCUT2D eigenvalue weighted by molar-refractivity contribution is 7.47. The van der Waals surface area contributed by atoms with Gasteiger partial charge >= 0.3 is 39.5 Å². The van der Waals surface area contributed by atoms with Gasteiger partial charge in [-0.1, -0.05) is 369 Å². The summed E-state index contributed by atoms with van der Waals surface area (Å²) in [5.74, 6) is -0.698. The molecular formula is C80H156O17P2. The molecule has 0 aromatic heterocycles. The van der Waals surface area contributed by atoms with Crippen LogP contribution in [0.5, 0.6) is 0 Å². The smallest absolute Gasteiger partial charge is 0.462 e. The number of hydrogen-bond acceptors (Lipinski definition) is 15. The second-order valence-electron chi connectivity index (χ2n) is 29.8. The van der Waals surface area contributed by atoms with Crippen LogP contribution in [0.4, 0.5) is 0 Å². The first-order valence-corrected chi connectivity index (χ1v) is 44.5. The minimum absolute atomic E-state index is 0.104. The predicted molar refractivity (Wildman–Crippen MR) is 405 cm³/mol. The molecule has 0 amide bonds. The Kier molecular flexibility index (Phi) is 70.3. The highest BCUT2D eigenvalue weighted by Crippen LogP contribution is 2.45. The monoisotopic (exact) mass is 1450 g/mol. The van der Waals surface area contributed by atoms with Gasteiger partial charge in [0.05, 0.1) is 26.4 Å². The van der Waals surface area contributed by atoms with Crippen LogP contribution in [0, 0.1) is 11.8 Å². The van der Waals surface area contributed by atoms with Crippen molar-refractivity contribution in [2.75, 3.05) is 39.6 Å². The van der Waals surface area contributed by atoms with E-state index >= 15 is 0 Å². The van der Waals surface area contributed by atoms with Crippen molar-refractivity contribution in [3.05, 3.63) is 0 Å². The lowest BCUT2D eigenvalue weighted by atomic mass is 10.0. The molecule has 2 unspecified atom stereocenters. The number of carbonyl (C=O) groups excluding carboxylic acids is 4. The second kappa shape index (κ2) is 71.7. The van der Waals surface area contributed by atoms with E-state index in [1.54, 1.807) is 0 Å². The lowest BCUT2D eigenvalue weighted by Gasteiger charge is -2.21. The van der Waals surface area contributed by atoms with Gasteiger partial charge in [0.2, 0.25) is 0 Å². The molecular weight excluding hydrogens is 1290 g/mol. The van der Waals surface area contributed by atoms with Crippen molar-refractivity contribution >= 4 is 39.5 Å². The summed E-state index contributed by atoms with van der Waals surface area (Å²) < 4.78 is 68.6. The van der Waals surface area contributed by atoms with Gasteiger partial charge in [0.15, 0.2) is 12.2 Å². The number of aliphatic hydroxyl groups is 1. The van der Waals surface area contributed by atoms with Crippen molar-refractivity contribution < 1.29 is 80.2 Å². The van der Waals surface area contributed by atoms with E-state index < -0.39 is 97.5 Å². The molecule has 0 aliphatic rings. The molecule has 588 valence electrons. The average molecular weight is 1450 g/mol. The molecule has 0 rings (SSSR count). The molecule has 3 N–H and O–H groups in total. The Balaban J connectivity index is 5.21. The third kappa shape index (κ3) is 74.1. The van der Waals surface area contributed by atoms with Crippen LogP contribution in [0.25, 0.3) is 0 Å². The number of esters is 4. The molecule has 5 atom stereocenters. The molecule has 19 heteroatoms. The summed E-state index contributed by atoms with van der Waals surface area (Å²) in [4.78, 5) is 72.9. The number of unbranched alkanes of at least 4 members (excludes halogenated alkanes) is 49. The summed E-state index contributed by atoms with van der Waals surface area (Å²) in [5.41, 5.74) is 0. The molecule has 0 spiro atoms. The average Bonchev–Trinajstić information content (AvgIpc) is 0.996. The zero-order valence-corrected chi connectivity index (χ0v) is 66.6. The fourth-order valence-corrected chi connectivity index (χ4v) is 13.9. The largest absolute Gasteiger partial charge is 0.472 e. The fourth-order valence-electron chi connectivity index (χ4n) is 12.4. The summed E-state index contributed by atoms with van der Waals surface area (Å²) in [6.45, 7) is 9.51. The standard InChI is InChI=1S/C80H156O17P2/c1-7-9-11-13-15-17-19-21-23-25-27-28-30-32-34-36-40-44-52-58-64-79(84)96-75(68-90-77(82)62-56-50-43-39-35-33-31-29-26-24-22-20-18-16-14-12-10-8-2)70-94-98(86,87)92-66-74(81)67-93-99(88,89)95-71-76(69-91-78(83)63-57-51-47-46-49-55-61-73(5)6)97-80(85)65-59-53-45-41-37-38-42-48-54-60-72(3)4/h72-76,81H,7-71H2,1-6H3,(H,86,87)(H,88,89)/t74-,75-,76-/m1/s1. The molecule has 0 fully saturated rings. The maximum absolute atomic E-state index is 13.1. The molecule has 0 radical (unpaired) electrons. The number of carbonyl (C=O) groups is 4. The molecule has 17 nitrogen and oxygen atoms in total. The van der Waals surface area contributed by atoms with E-state index in [9.17, 15) is 43.2 Å². The minimum atomic E-state index is -4.96. The lowest BCUT2D eigenvalue weighted by molar-refractivity contribution is -0.161. The summed E-state index contributed by atoms with van der Waals surface area (Å²) in [6.07, 6.45) is 61.4. The van der Waals surface area contributed by atoms with Crippen LogP contribution in [0.1, 0.15) is 420 Å². The maximum atomic E-state index is 13.1. The molecule has 99 heavy (non-hydrogen) atoms. The third-order valence-corrected chi connectivity index (χ3v) is 20.6. The van der Waals surface area contributed by atoms with Crippen molar-refractivity contribution in [1.82, 2.24) is 0 Å². The first-order valence-electron chi connectivity index (χ1n) is 41.5. The number of rotatable bonds is 79. The zero-order valence-electron chi connectivity index (χ0n) is 64.8. The van der Waals surface area contributed by atoms with Gasteiger partial charge in [0.1, 0.15) is 19.3 Å². The number of phosphoric ester groups is 2. The molecule has 0 bridgehead atoms. The van der Waals surface area contributed by atoms with Crippen LogP contribution in [-0.2, 0) is 65.4 Å². The number of phosphoric acid groups is 2. The molecule has 0 aromatic carbocycles. The maximum Gasteiger partial charge on any atom is 0.472 e. The van der Waals surface area contributed by atoms with E-state index in [1.807, 2.05) is 0 Å². The van der Waals surface area contributed by atoms with Crippen LogP contribution in [-0.4, -0.2) is 96.7 Å². The summed E-state index contributed by atoms with van der Waals surface area (Å²) in [5, 5.41) is 10.6. The normalized spacial score (nSPS) is 13.9. The first kappa shape index (κ1) is 97.1. The Morgan fingerprint density at radius 3 is 0.687 bits per heavy atom. The Morgan fingerprint density at radius 1 is 0.273 bits per heavy atom. The molecule has 0 heterocycles. The van der Waals surface area contributed by atoms with E-state index in [0.29, 0.717) is 31.6 Å². The van der Waals surface area contributed by atoms with Gasteiger partial charge in [-0.05, 0) is 37.5 Å². The van der Waals surface area contributed by atoms with E-state index in [0.717, 1.165) is 102 Å². The van der Waals surface area contributed by atoms with E-state index in [2.05, 4.69) is 41.5 Å². The fraction of sp³-hybridized carbons (Fsp3) is 0.950. The summed E-state index contributed by atoms with van der Waals surface area (Å²) >= 11 is 0.